The number of nitrogens with zero attached hydrogens (tertiary/aromatic N) is 3. The van der Waals surface area contributed by atoms with Crippen LogP contribution in [0.4, 0.5) is 11.4 Å². The van der Waals surface area contributed by atoms with Crippen LogP contribution >= 0.6 is 0 Å². The first kappa shape index (κ1) is 26.6. The Kier molecular flexibility index (Phi) is 8.54. The van der Waals surface area contributed by atoms with Crippen molar-refractivity contribution in [1.29, 1.82) is 0 Å². The molecule has 0 fully saturated rings. The van der Waals surface area contributed by atoms with Gasteiger partial charge in [0, 0.05) is 56.0 Å². The van der Waals surface area contributed by atoms with Crippen LogP contribution in [-0.2, 0) is 6.54 Å². The largest absolute Gasteiger partial charge is 0.378 e. The molecule has 0 N–H and O–H groups in total. The van der Waals surface area contributed by atoms with Crippen molar-refractivity contribution in [3.8, 4) is 0 Å². The number of carbonyl (C=O) groups excluding carboxylic acids is 1. The van der Waals surface area contributed by atoms with Crippen molar-refractivity contribution in [3.05, 3.63) is 141 Å². The highest BCUT2D eigenvalue weighted by Gasteiger charge is 2.23. The molecule has 4 aromatic carbocycles. The standard InChI is InChI=1S/C32H33N3O3/c1-24-14-17-28(22-31(24)35(37)38)32(36)34(23-25-15-18-29(19-16-25)33(2)3)21-20-30(26-10-6-4-7-11-26)27-12-8-5-9-13-27/h4-19,22,30H,20-21,23H2,1-3H3. The van der Waals surface area contributed by atoms with Crippen molar-refractivity contribution < 1.29 is 9.72 Å². The summed E-state index contributed by atoms with van der Waals surface area (Å²) >= 11 is 0. The Bertz CT molecular complexity index is 1330. The van der Waals surface area contributed by atoms with E-state index in [9.17, 15) is 14.9 Å². The third kappa shape index (κ3) is 6.45. The van der Waals surface area contributed by atoms with Gasteiger partial charge >= 0.3 is 0 Å². The molecule has 1 amide bonds. The average molecular weight is 508 g/mol. The number of nitro groups is 1. The van der Waals surface area contributed by atoms with Gasteiger partial charge in [0.2, 0.25) is 0 Å². The number of rotatable bonds is 10. The number of nitro benzene ring substituents is 1. The van der Waals surface area contributed by atoms with Crippen LogP contribution in [0.5, 0.6) is 0 Å². The van der Waals surface area contributed by atoms with E-state index in [-0.39, 0.29) is 17.5 Å². The highest BCUT2D eigenvalue weighted by Crippen LogP contribution is 2.29. The lowest BCUT2D eigenvalue weighted by molar-refractivity contribution is -0.385. The maximum Gasteiger partial charge on any atom is 0.273 e. The van der Waals surface area contributed by atoms with Crippen LogP contribution < -0.4 is 4.90 Å². The predicted octanol–water partition coefficient (Wildman–Crippen LogP) is 6.83. The fraction of sp³-hybridized carbons (Fsp3) is 0.219. The zero-order valence-corrected chi connectivity index (χ0v) is 22.1. The average Bonchev–Trinajstić information content (AvgIpc) is 2.93. The minimum absolute atomic E-state index is 0.0439. The molecular weight excluding hydrogens is 474 g/mol. The Balaban J connectivity index is 1.65. The van der Waals surface area contributed by atoms with Gasteiger partial charge in [0.15, 0.2) is 0 Å². The van der Waals surface area contributed by atoms with E-state index in [1.54, 1.807) is 24.0 Å². The van der Waals surface area contributed by atoms with E-state index < -0.39 is 4.92 Å². The molecule has 0 radical (unpaired) electrons. The highest BCUT2D eigenvalue weighted by atomic mass is 16.6. The molecule has 194 valence electrons. The van der Waals surface area contributed by atoms with Gasteiger partial charge in [-0.3, -0.25) is 14.9 Å². The van der Waals surface area contributed by atoms with Gasteiger partial charge in [0.1, 0.15) is 0 Å². The van der Waals surface area contributed by atoms with Crippen molar-refractivity contribution in [2.24, 2.45) is 0 Å². The number of hydrogen-bond donors (Lipinski definition) is 0. The predicted molar refractivity (Wildman–Crippen MR) is 153 cm³/mol. The van der Waals surface area contributed by atoms with Crippen molar-refractivity contribution >= 4 is 17.3 Å². The van der Waals surface area contributed by atoms with E-state index in [1.165, 1.54) is 17.2 Å². The van der Waals surface area contributed by atoms with E-state index in [4.69, 9.17) is 0 Å². The molecule has 0 spiro atoms. The van der Waals surface area contributed by atoms with Gasteiger partial charge in [-0.15, -0.1) is 0 Å². The fourth-order valence-electron chi connectivity index (χ4n) is 4.68. The summed E-state index contributed by atoms with van der Waals surface area (Å²) in [5.41, 5.74) is 5.27. The molecule has 4 aromatic rings. The van der Waals surface area contributed by atoms with E-state index in [2.05, 4.69) is 24.3 Å². The number of amides is 1. The van der Waals surface area contributed by atoms with E-state index >= 15 is 0 Å². The molecule has 0 saturated carbocycles. The summed E-state index contributed by atoms with van der Waals surface area (Å²) < 4.78 is 0. The smallest absolute Gasteiger partial charge is 0.273 e. The van der Waals surface area contributed by atoms with Gasteiger partial charge in [-0.1, -0.05) is 78.9 Å². The van der Waals surface area contributed by atoms with Crippen LogP contribution in [0, 0.1) is 17.0 Å². The molecule has 0 saturated heterocycles. The Morgan fingerprint density at radius 3 is 1.95 bits per heavy atom. The Morgan fingerprint density at radius 1 is 0.842 bits per heavy atom. The minimum atomic E-state index is -0.433. The van der Waals surface area contributed by atoms with Gasteiger partial charge in [-0.2, -0.15) is 0 Å². The SMILES string of the molecule is Cc1ccc(C(=O)N(CCC(c2ccccc2)c2ccccc2)Cc2ccc(N(C)C)cc2)cc1[N+](=O)[O-]. The van der Waals surface area contributed by atoms with E-state index in [0.29, 0.717) is 30.6 Å². The van der Waals surface area contributed by atoms with Crippen LogP contribution in [0.3, 0.4) is 0 Å². The first-order valence-electron chi connectivity index (χ1n) is 12.7. The van der Waals surface area contributed by atoms with Crippen molar-refractivity contribution in [2.75, 3.05) is 25.5 Å². The normalized spacial score (nSPS) is 10.8. The summed E-state index contributed by atoms with van der Waals surface area (Å²) in [7, 11) is 3.98. The highest BCUT2D eigenvalue weighted by molar-refractivity contribution is 5.95. The molecule has 0 heterocycles. The van der Waals surface area contributed by atoms with Crippen LogP contribution in [-0.4, -0.2) is 36.4 Å². The second kappa shape index (κ2) is 12.2. The number of benzene rings is 4. The summed E-state index contributed by atoms with van der Waals surface area (Å²) in [6.07, 6.45) is 0.712. The first-order chi connectivity index (χ1) is 18.3. The van der Waals surface area contributed by atoms with Crippen molar-refractivity contribution in [3.63, 3.8) is 0 Å². The molecule has 6 nitrogen and oxygen atoms in total. The third-order valence-electron chi connectivity index (χ3n) is 6.86. The van der Waals surface area contributed by atoms with Crippen LogP contribution in [0.25, 0.3) is 0 Å². The minimum Gasteiger partial charge on any atom is -0.378 e. The topological polar surface area (TPSA) is 66.7 Å². The molecule has 0 aliphatic carbocycles. The van der Waals surface area contributed by atoms with Gasteiger partial charge in [-0.25, -0.2) is 0 Å². The summed E-state index contributed by atoms with van der Waals surface area (Å²) in [5, 5.41) is 11.5. The van der Waals surface area contributed by atoms with E-state index in [1.807, 2.05) is 79.7 Å². The zero-order chi connectivity index (χ0) is 27.1. The summed E-state index contributed by atoms with van der Waals surface area (Å²) in [4.78, 5) is 28.7. The molecular formula is C32H33N3O3. The van der Waals surface area contributed by atoms with Crippen molar-refractivity contribution in [1.82, 2.24) is 4.90 Å². The molecule has 0 aliphatic heterocycles. The summed E-state index contributed by atoms with van der Waals surface area (Å²) in [6.45, 7) is 2.58. The lowest BCUT2D eigenvalue weighted by Gasteiger charge is -2.27. The van der Waals surface area contributed by atoms with Crippen molar-refractivity contribution in [2.45, 2.75) is 25.8 Å². The van der Waals surface area contributed by atoms with Gasteiger partial charge in [0.05, 0.1) is 4.92 Å². The van der Waals surface area contributed by atoms with E-state index in [0.717, 1.165) is 11.3 Å². The number of aryl methyl sites for hydroxylation is 1. The van der Waals surface area contributed by atoms with Gasteiger partial charge in [0.25, 0.3) is 11.6 Å². The Hall–Kier alpha value is -4.45. The maximum atomic E-state index is 13.8. The lowest BCUT2D eigenvalue weighted by atomic mass is 9.88. The van der Waals surface area contributed by atoms with Crippen LogP contribution in [0.15, 0.2) is 103 Å². The second-order valence-electron chi connectivity index (χ2n) is 9.71. The number of anilines is 1. The Labute approximate surface area is 224 Å². The zero-order valence-electron chi connectivity index (χ0n) is 22.1. The molecule has 0 aromatic heterocycles. The van der Waals surface area contributed by atoms with Crippen LogP contribution in [0.2, 0.25) is 0 Å². The second-order valence-corrected chi connectivity index (χ2v) is 9.71. The molecule has 0 aliphatic rings. The quantitative estimate of drug-likeness (QED) is 0.174. The number of carbonyl (C=O) groups is 1. The molecule has 0 unspecified atom stereocenters. The first-order valence-corrected chi connectivity index (χ1v) is 12.7. The third-order valence-corrected chi connectivity index (χ3v) is 6.86. The van der Waals surface area contributed by atoms with Gasteiger partial charge < -0.3 is 9.80 Å². The molecule has 0 atom stereocenters. The fourth-order valence-corrected chi connectivity index (χ4v) is 4.68. The van der Waals surface area contributed by atoms with Crippen LogP contribution in [0.1, 0.15) is 45.0 Å². The lowest BCUT2D eigenvalue weighted by Crippen LogP contribution is -2.32. The monoisotopic (exact) mass is 507 g/mol. The Morgan fingerprint density at radius 2 is 1.42 bits per heavy atom. The molecule has 38 heavy (non-hydrogen) atoms. The molecule has 6 heteroatoms. The maximum absolute atomic E-state index is 13.8. The summed E-state index contributed by atoms with van der Waals surface area (Å²) in [6, 6.07) is 33.5. The number of hydrogen-bond acceptors (Lipinski definition) is 4. The molecule has 4 rings (SSSR count). The van der Waals surface area contributed by atoms with Gasteiger partial charge in [-0.05, 0) is 48.2 Å². The molecule has 0 bridgehead atoms. The summed E-state index contributed by atoms with van der Waals surface area (Å²) in [5.74, 6) is -0.110.